The molecule has 0 radical (unpaired) electrons. The maximum atomic E-state index is 14.1. The molecule has 35 heavy (non-hydrogen) atoms. The van der Waals surface area contributed by atoms with Gasteiger partial charge in [0.05, 0.1) is 24.4 Å². The summed E-state index contributed by atoms with van der Waals surface area (Å²) in [6, 6.07) is 14.4. The van der Waals surface area contributed by atoms with E-state index in [1.807, 2.05) is 30.6 Å². The Morgan fingerprint density at radius 1 is 1.17 bits per heavy atom. The largest absolute Gasteiger partial charge is 0.494 e. The van der Waals surface area contributed by atoms with E-state index in [2.05, 4.69) is 43.0 Å². The van der Waals surface area contributed by atoms with Crippen LogP contribution in [0.25, 0.3) is 16.6 Å². The SMILES string of the molecule is COc1ccc(CN2C3CC2CN(c2ccc(-c4cc(Br)cn5ncc(C#N)c45)cn2)C3)cc1F. The Labute approximate surface area is 210 Å². The highest BCUT2D eigenvalue weighted by atomic mass is 79.9. The summed E-state index contributed by atoms with van der Waals surface area (Å²) in [6.07, 6.45) is 6.44. The van der Waals surface area contributed by atoms with Crippen LogP contribution < -0.4 is 9.64 Å². The van der Waals surface area contributed by atoms with Crippen molar-refractivity contribution in [1.82, 2.24) is 19.5 Å². The molecule has 3 aliphatic rings. The molecule has 2 atom stereocenters. The number of benzene rings is 1. The number of methoxy groups -OCH3 is 1. The number of piperidine rings is 1. The van der Waals surface area contributed by atoms with Gasteiger partial charge in [-0.2, -0.15) is 10.4 Å². The van der Waals surface area contributed by atoms with Gasteiger partial charge in [0, 0.05) is 59.7 Å². The van der Waals surface area contributed by atoms with Gasteiger partial charge in [0.15, 0.2) is 11.6 Å². The predicted molar refractivity (Wildman–Crippen MR) is 134 cm³/mol. The van der Waals surface area contributed by atoms with E-state index in [-0.39, 0.29) is 11.6 Å². The number of anilines is 1. The first-order valence-electron chi connectivity index (χ1n) is 11.4. The van der Waals surface area contributed by atoms with Crippen LogP contribution in [0.5, 0.6) is 5.75 Å². The molecule has 4 aromatic rings. The lowest BCUT2D eigenvalue weighted by Gasteiger charge is -2.56. The number of halogens is 2. The fourth-order valence-electron chi connectivity index (χ4n) is 5.27. The molecular formula is C26H22BrFN6O. The summed E-state index contributed by atoms with van der Waals surface area (Å²) in [6.45, 7) is 2.52. The third-order valence-corrected chi connectivity index (χ3v) is 7.44. The van der Waals surface area contributed by atoms with Crippen molar-refractivity contribution in [2.75, 3.05) is 25.1 Å². The molecule has 7 rings (SSSR count). The Balaban J connectivity index is 1.18. The maximum absolute atomic E-state index is 14.1. The Kier molecular flexibility index (Phi) is 5.43. The van der Waals surface area contributed by atoms with Crippen molar-refractivity contribution in [3.63, 3.8) is 0 Å². The molecule has 3 aliphatic heterocycles. The second-order valence-electron chi connectivity index (χ2n) is 9.03. The number of ether oxygens (including phenoxy) is 1. The van der Waals surface area contributed by atoms with Crippen molar-refractivity contribution >= 4 is 27.3 Å². The summed E-state index contributed by atoms with van der Waals surface area (Å²) in [4.78, 5) is 9.54. The molecule has 1 aromatic carbocycles. The first-order chi connectivity index (χ1) is 17.0. The number of hydrogen-bond acceptors (Lipinski definition) is 6. The second-order valence-corrected chi connectivity index (χ2v) is 9.95. The van der Waals surface area contributed by atoms with Crippen LogP contribution in [-0.4, -0.2) is 51.8 Å². The van der Waals surface area contributed by atoms with Gasteiger partial charge in [-0.15, -0.1) is 0 Å². The molecule has 3 aromatic heterocycles. The van der Waals surface area contributed by atoms with E-state index in [1.165, 1.54) is 7.11 Å². The van der Waals surface area contributed by atoms with Gasteiger partial charge in [0.1, 0.15) is 11.9 Å². The first kappa shape index (κ1) is 22.0. The number of piperazine rings is 1. The topological polar surface area (TPSA) is 69.7 Å². The van der Waals surface area contributed by atoms with Crippen LogP contribution in [0.4, 0.5) is 10.2 Å². The Morgan fingerprint density at radius 3 is 2.69 bits per heavy atom. The van der Waals surface area contributed by atoms with Crippen LogP contribution in [0.3, 0.4) is 0 Å². The van der Waals surface area contributed by atoms with Gasteiger partial charge in [-0.3, -0.25) is 4.90 Å². The highest BCUT2D eigenvalue weighted by Crippen LogP contribution is 2.36. The third-order valence-electron chi connectivity index (χ3n) is 7.01. The van der Waals surface area contributed by atoms with Crippen LogP contribution in [-0.2, 0) is 6.54 Å². The molecule has 2 bridgehead atoms. The van der Waals surface area contributed by atoms with Crippen LogP contribution in [0.2, 0.25) is 0 Å². The molecule has 0 saturated carbocycles. The van der Waals surface area contributed by atoms with Crippen molar-refractivity contribution in [3.05, 3.63) is 76.4 Å². The summed E-state index contributed by atoms with van der Waals surface area (Å²) in [5.41, 5.74) is 4.11. The zero-order chi connectivity index (χ0) is 24.1. The minimum Gasteiger partial charge on any atom is -0.494 e. The van der Waals surface area contributed by atoms with Gasteiger partial charge < -0.3 is 9.64 Å². The molecule has 176 valence electrons. The second kappa shape index (κ2) is 8.63. The summed E-state index contributed by atoms with van der Waals surface area (Å²) in [7, 11) is 1.48. The quantitative estimate of drug-likeness (QED) is 0.373. The molecule has 7 nitrogen and oxygen atoms in total. The number of hydrogen-bond donors (Lipinski definition) is 0. The highest BCUT2D eigenvalue weighted by Gasteiger charge is 2.44. The van der Waals surface area contributed by atoms with Crippen molar-refractivity contribution in [2.24, 2.45) is 0 Å². The molecule has 0 spiro atoms. The third kappa shape index (κ3) is 3.83. The highest BCUT2D eigenvalue weighted by molar-refractivity contribution is 9.10. The first-order valence-corrected chi connectivity index (χ1v) is 12.2. The van der Waals surface area contributed by atoms with Crippen LogP contribution in [0, 0.1) is 17.1 Å². The minimum absolute atomic E-state index is 0.277. The van der Waals surface area contributed by atoms with Gasteiger partial charge in [0.25, 0.3) is 0 Å². The van der Waals surface area contributed by atoms with Crippen molar-refractivity contribution < 1.29 is 9.13 Å². The van der Waals surface area contributed by atoms with E-state index in [1.54, 1.807) is 22.8 Å². The number of nitrogens with zero attached hydrogens (tertiary/aromatic N) is 6. The lowest BCUT2D eigenvalue weighted by molar-refractivity contribution is -0.00875. The summed E-state index contributed by atoms with van der Waals surface area (Å²) in [5, 5.41) is 13.8. The Bertz CT molecular complexity index is 1450. The molecule has 9 heteroatoms. The molecule has 2 unspecified atom stereocenters. The van der Waals surface area contributed by atoms with Gasteiger partial charge in [-0.05, 0) is 58.2 Å². The smallest absolute Gasteiger partial charge is 0.165 e. The van der Waals surface area contributed by atoms with E-state index in [4.69, 9.17) is 9.72 Å². The van der Waals surface area contributed by atoms with E-state index in [0.717, 1.165) is 58.6 Å². The number of fused-ring (bicyclic) bond motifs is 3. The fraction of sp³-hybridized carbons (Fsp3) is 0.269. The fourth-order valence-corrected chi connectivity index (χ4v) is 5.70. The summed E-state index contributed by atoms with van der Waals surface area (Å²) < 4.78 is 21.7. The molecule has 6 heterocycles. The Morgan fingerprint density at radius 2 is 2.00 bits per heavy atom. The zero-order valence-corrected chi connectivity index (χ0v) is 20.6. The summed E-state index contributed by atoms with van der Waals surface area (Å²) >= 11 is 3.54. The average Bonchev–Trinajstić information content (AvgIpc) is 3.30. The minimum atomic E-state index is -0.317. The molecule has 0 amide bonds. The van der Waals surface area contributed by atoms with Crippen LogP contribution >= 0.6 is 15.9 Å². The van der Waals surface area contributed by atoms with Crippen LogP contribution in [0.15, 0.2) is 59.5 Å². The van der Waals surface area contributed by atoms with E-state index >= 15 is 0 Å². The number of pyridine rings is 2. The van der Waals surface area contributed by atoms with E-state index in [9.17, 15) is 9.65 Å². The van der Waals surface area contributed by atoms with Gasteiger partial charge in [-0.1, -0.05) is 6.07 Å². The number of rotatable bonds is 5. The zero-order valence-electron chi connectivity index (χ0n) is 19.0. The van der Waals surface area contributed by atoms with Crippen molar-refractivity contribution in [3.8, 4) is 22.9 Å². The van der Waals surface area contributed by atoms with Gasteiger partial charge >= 0.3 is 0 Å². The van der Waals surface area contributed by atoms with Gasteiger partial charge in [-0.25, -0.2) is 13.9 Å². The molecule has 3 saturated heterocycles. The number of aromatic nitrogens is 3. The number of nitriles is 1. The maximum Gasteiger partial charge on any atom is 0.165 e. The monoisotopic (exact) mass is 532 g/mol. The van der Waals surface area contributed by atoms with Crippen molar-refractivity contribution in [1.29, 1.82) is 5.26 Å². The molecule has 3 fully saturated rings. The molecule has 0 aliphatic carbocycles. The summed E-state index contributed by atoms with van der Waals surface area (Å²) in [5.74, 6) is 0.902. The van der Waals surface area contributed by atoms with E-state index in [0.29, 0.717) is 17.6 Å². The van der Waals surface area contributed by atoms with Crippen LogP contribution in [0.1, 0.15) is 17.5 Å². The van der Waals surface area contributed by atoms with E-state index < -0.39 is 0 Å². The predicted octanol–water partition coefficient (Wildman–Crippen LogP) is 4.64. The van der Waals surface area contributed by atoms with Crippen molar-refractivity contribution in [2.45, 2.75) is 25.0 Å². The van der Waals surface area contributed by atoms with Gasteiger partial charge in [0.2, 0.25) is 0 Å². The average molecular weight is 533 g/mol. The normalized spacial score (nSPS) is 19.4. The Hall–Kier alpha value is -3.48. The lowest BCUT2D eigenvalue weighted by atomic mass is 9.86. The molecule has 0 N–H and O–H groups in total. The lowest BCUT2D eigenvalue weighted by Crippen LogP contribution is -2.68. The molecular weight excluding hydrogens is 511 g/mol. The standard InChI is InChI=1S/C26H22BrFN6O/c1-35-24-4-2-16(6-23(24)28)12-33-20-8-21(33)15-32(14-20)25-5-3-17(10-30-25)22-7-19(27)13-34-26(22)18(9-29)11-31-34/h2-7,10-11,13,20-21H,8,12,14-15H2,1H3.